The van der Waals surface area contributed by atoms with Crippen LogP contribution in [0, 0.1) is 0 Å². The summed E-state index contributed by atoms with van der Waals surface area (Å²) in [5, 5.41) is 18.9. The van der Waals surface area contributed by atoms with Crippen molar-refractivity contribution < 1.29 is 24.3 Å². The highest BCUT2D eigenvalue weighted by atomic mass is 32.2. The van der Waals surface area contributed by atoms with Crippen LogP contribution in [-0.2, 0) is 9.59 Å². The summed E-state index contributed by atoms with van der Waals surface area (Å²) >= 11 is 1.37. The molecule has 0 saturated carbocycles. The van der Waals surface area contributed by atoms with E-state index < -0.39 is 24.5 Å². The first-order valence-corrected chi connectivity index (χ1v) is 12.9. The Morgan fingerprint density at radius 2 is 1.82 bits per heavy atom. The summed E-state index contributed by atoms with van der Waals surface area (Å²) in [6, 6.07) is 17.6. The van der Waals surface area contributed by atoms with Crippen molar-refractivity contribution in [2.75, 3.05) is 27.2 Å². The summed E-state index contributed by atoms with van der Waals surface area (Å²) in [4.78, 5) is 55.6. The van der Waals surface area contributed by atoms with Crippen molar-refractivity contribution in [1.82, 2.24) is 30.3 Å². The molecule has 12 heteroatoms. The van der Waals surface area contributed by atoms with Gasteiger partial charge < -0.3 is 20.6 Å². The number of amides is 3. The first-order chi connectivity index (χ1) is 19.3. The Morgan fingerprint density at radius 1 is 1.05 bits per heavy atom. The molecule has 0 saturated heterocycles. The number of likely N-dealkylation sites (N-methyl/N-ethyl adjacent to an activating group) is 1. The maximum atomic E-state index is 13.4. The van der Waals surface area contributed by atoms with Crippen LogP contribution in [0.4, 0.5) is 4.79 Å². The first-order valence-electron chi connectivity index (χ1n) is 12.1. The predicted molar refractivity (Wildman–Crippen MR) is 151 cm³/mol. The summed E-state index contributed by atoms with van der Waals surface area (Å²) in [5.74, 6) is -2.02. The second-order valence-corrected chi connectivity index (χ2v) is 9.67. The zero-order valence-electron chi connectivity index (χ0n) is 21.7. The van der Waals surface area contributed by atoms with E-state index in [0.717, 1.165) is 14.7 Å². The molecule has 40 heavy (non-hydrogen) atoms. The topological polar surface area (TPSA) is 147 Å². The Balaban J connectivity index is 1.71. The first kappa shape index (κ1) is 28.0. The minimum absolute atomic E-state index is 0.214. The molecule has 4 rings (SSSR count). The third-order valence-electron chi connectivity index (χ3n) is 5.69. The van der Waals surface area contributed by atoms with Crippen molar-refractivity contribution in [2.24, 2.45) is 0 Å². The van der Waals surface area contributed by atoms with Crippen LogP contribution in [0.2, 0.25) is 0 Å². The van der Waals surface area contributed by atoms with E-state index in [9.17, 15) is 19.2 Å². The zero-order chi connectivity index (χ0) is 28.6. The van der Waals surface area contributed by atoms with Crippen LogP contribution in [-0.4, -0.2) is 75.8 Å². The molecule has 0 aliphatic heterocycles. The number of aliphatic carboxylic acids is 1. The van der Waals surface area contributed by atoms with Crippen LogP contribution in [0.15, 0.2) is 76.7 Å². The Labute approximate surface area is 233 Å². The van der Waals surface area contributed by atoms with Crippen molar-refractivity contribution >= 4 is 58.6 Å². The molecule has 0 radical (unpaired) electrons. The number of carboxylic acids is 1. The van der Waals surface area contributed by atoms with Gasteiger partial charge in [0.25, 0.3) is 5.91 Å². The normalized spacial score (nSPS) is 10.9. The van der Waals surface area contributed by atoms with Crippen LogP contribution in [0.25, 0.3) is 23.1 Å². The van der Waals surface area contributed by atoms with Crippen LogP contribution in [0.5, 0.6) is 0 Å². The molecule has 204 valence electrons. The Bertz CT molecular complexity index is 1600. The Hall–Kier alpha value is -4.97. The lowest BCUT2D eigenvalue weighted by atomic mass is 10.2. The van der Waals surface area contributed by atoms with E-state index >= 15 is 0 Å². The number of carboxylic acid groups (broad SMARTS) is 1. The number of hydrogen-bond donors (Lipinski definition) is 3. The maximum Gasteiger partial charge on any atom is 0.345 e. The third-order valence-corrected chi connectivity index (χ3v) is 6.76. The maximum absolute atomic E-state index is 13.4. The number of aromatic nitrogens is 3. The molecule has 0 atom stereocenters. The lowest BCUT2D eigenvalue weighted by Crippen LogP contribution is -2.41. The van der Waals surface area contributed by atoms with E-state index in [2.05, 4.69) is 20.7 Å². The summed E-state index contributed by atoms with van der Waals surface area (Å²) in [6.07, 6.45) is 5.20. The van der Waals surface area contributed by atoms with Crippen molar-refractivity contribution in [3.8, 4) is 0 Å². The lowest BCUT2D eigenvalue weighted by Gasteiger charge is -2.16. The van der Waals surface area contributed by atoms with Crippen LogP contribution in [0.3, 0.4) is 0 Å². The molecule has 11 nitrogen and oxygen atoms in total. The monoisotopic (exact) mass is 558 g/mol. The van der Waals surface area contributed by atoms with E-state index in [1.807, 2.05) is 42.5 Å². The van der Waals surface area contributed by atoms with Crippen molar-refractivity contribution in [3.63, 3.8) is 0 Å². The van der Waals surface area contributed by atoms with Gasteiger partial charge in [0.15, 0.2) is 0 Å². The van der Waals surface area contributed by atoms with Gasteiger partial charge in [-0.1, -0.05) is 30.0 Å². The van der Waals surface area contributed by atoms with Gasteiger partial charge in [-0.25, -0.2) is 4.79 Å². The molecule has 2 aromatic carbocycles. The molecule has 3 amide bonds. The van der Waals surface area contributed by atoms with Gasteiger partial charge >= 0.3 is 12.0 Å². The quantitative estimate of drug-likeness (QED) is 0.284. The summed E-state index contributed by atoms with van der Waals surface area (Å²) in [7, 11) is 3.00. The van der Waals surface area contributed by atoms with Gasteiger partial charge in [0.1, 0.15) is 13.1 Å². The van der Waals surface area contributed by atoms with E-state index in [4.69, 9.17) is 5.11 Å². The average Bonchev–Trinajstić information content (AvgIpc) is 3.32. The molecule has 0 aliphatic carbocycles. The fraction of sp³-hybridized carbons (Fsp3) is 0.143. The number of benzene rings is 2. The molecule has 4 aromatic rings. The van der Waals surface area contributed by atoms with Crippen LogP contribution >= 0.6 is 11.8 Å². The second kappa shape index (κ2) is 12.7. The molecular formula is C28H26N6O5S. The molecule has 0 unspecified atom stereocenters. The molecule has 0 fully saturated rings. The van der Waals surface area contributed by atoms with Gasteiger partial charge in [-0.2, -0.15) is 9.78 Å². The number of nitrogens with one attached hydrogen (secondary N) is 2. The highest BCUT2D eigenvalue weighted by molar-refractivity contribution is 7.99. The second-order valence-electron chi connectivity index (χ2n) is 8.55. The van der Waals surface area contributed by atoms with Gasteiger partial charge in [0, 0.05) is 35.5 Å². The van der Waals surface area contributed by atoms with Crippen LogP contribution < -0.4 is 10.6 Å². The largest absolute Gasteiger partial charge is 0.480 e. The number of rotatable bonds is 9. The molecule has 2 aromatic heterocycles. The fourth-order valence-electron chi connectivity index (χ4n) is 3.77. The Kier molecular flexibility index (Phi) is 8.92. The minimum Gasteiger partial charge on any atom is -0.480 e. The minimum atomic E-state index is -1.19. The van der Waals surface area contributed by atoms with Crippen molar-refractivity contribution in [3.05, 3.63) is 83.8 Å². The molecule has 0 bridgehead atoms. The number of nitrogens with zero attached hydrogens (tertiary/aromatic N) is 4. The standard InChI is InChI=1S/C28H26N6O5S/c1-29-27(38)21-8-3-4-9-24(21)40-19-11-12-20-22(13-10-18-7-5-6-14-30-18)32-34(23(20)15-19)28(39)33(2)17-25(35)31-16-26(36)37/h3-15H,16-17H2,1-2H3,(H,29,38)(H,31,35)(H,36,37)/b13-10+. The van der Waals surface area contributed by atoms with Gasteiger partial charge in [0.05, 0.1) is 22.5 Å². The molecule has 2 heterocycles. The Morgan fingerprint density at radius 3 is 2.55 bits per heavy atom. The molecule has 0 aliphatic rings. The van der Waals surface area contributed by atoms with E-state index in [1.165, 1.54) is 23.5 Å². The predicted octanol–water partition coefficient (Wildman–Crippen LogP) is 3.21. The average molecular weight is 559 g/mol. The summed E-state index contributed by atoms with van der Waals surface area (Å²) in [5.41, 5.74) is 2.23. The summed E-state index contributed by atoms with van der Waals surface area (Å²) < 4.78 is 1.20. The summed E-state index contributed by atoms with van der Waals surface area (Å²) in [6.45, 7) is -0.910. The molecule has 3 N–H and O–H groups in total. The van der Waals surface area contributed by atoms with Crippen molar-refractivity contribution in [1.29, 1.82) is 0 Å². The number of carbonyl (C=O) groups excluding carboxylic acids is 3. The van der Waals surface area contributed by atoms with Gasteiger partial charge in [0.2, 0.25) is 5.91 Å². The van der Waals surface area contributed by atoms with Gasteiger partial charge in [-0.15, -0.1) is 0 Å². The van der Waals surface area contributed by atoms with Gasteiger partial charge in [-0.05, 0) is 54.6 Å². The molecular weight excluding hydrogens is 532 g/mol. The molecule has 0 spiro atoms. The number of hydrogen-bond acceptors (Lipinski definition) is 7. The SMILES string of the molecule is CNC(=O)c1ccccc1Sc1ccc2c(/C=C/c3ccccn3)nn(C(=O)N(C)CC(=O)NCC(=O)O)c2c1. The highest BCUT2D eigenvalue weighted by Crippen LogP contribution is 2.33. The van der Waals surface area contributed by atoms with E-state index in [-0.39, 0.29) is 12.5 Å². The smallest absolute Gasteiger partial charge is 0.345 e. The van der Waals surface area contributed by atoms with E-state index in [0.29, 0.717) is 27.9 Å². The number of pyridine rings is 1. The van der Waals surface area contributed by atoms with E-state index in [1.54, 1.807) is 43.6 Å². The fourth-order valence-corrected chi connectivity index (χ4v) is 4.75. The highest BCUT2D eigenvalue weighted by Gasteiger charge is 2.21. The van der Waals surface area contributed by atoms with Gasteiger partial charge in [-0.3, -0.25) is 19.4 Å². The zero-order valence-corrected chi connectivity index (χ0v) is 22.5. The van der Waals surface area contributed by atoms with Crippen molar-refractivity contribution in [2.45, 2.75) is 9.79 Å². The number of fused-ring (bicyclic) bond motifs is 1. The third kappa shape index (κ3) is 6.72. The van der Waals surface area contributed by atoms with Crippen LogP contribution in [0.1, 0.15) is 21.7 Å². The number of carbonyl (C=O) groups is 4. The lowest BCUT2D eigenvalue weighted by molar-refractivity contribution is -0.138.